The number of hydrogen-bond acceptors (Lipinski definition) is 3. The molecule has 0 amide bonds. The van der Waals surface area contributed by atoms with E-state index in [2.05, 4.69) is 0 Å². The number of nitrogens with two attached hydrogens (primary N) is 1. The number of ether oxygens (including phenoxy) is 2. The Balaban J connectivity index is 0.00000256. The van der Waals surface area contributed by atoms with Crippen LogP contribution in [0.5, 0.6) is 11.5 Å². The van der Waals surface area contributed by atoms with Crippen molar-refractivity contribution in [3.05, 3.63) is 22.7 Å². The molecule has 1 aromatic carbocycles. The average molecular weight is 284 g/mol. The molecule has 0 fully saturated rings. The lowest BCUT2D eigenvalue weighted by Gasteiger charge is -2.16. The van der Waals surface area contributed by atoms with Crippen LogP contribution in [-0.4, -0.2) is 20.9 Å². The van der Waals surface area contributed by atoms with Crippen molar-refractivity contribution >= 4 is 24.0 Å². The van der Waals surface area contributed by atoms with Gasteiger partial charge in [-0.3, -0.25) is 4.39 Å². The average Bonchev–Trinajstić information content (AvgIpc) is 2.28. The lowest BCUT2D eigenvalue weighted by atomic mass is 10.0. The van der Waals surface area contributed by atoms with E-state index < -0.39 is 12.7 Å². The molecule has 0 spiro atoms. The van der Waals surface area contributed by atoms with Gasteiger partial charge in [-0.05, 0) is 18.1 Å². The van der Waals surface area contributed by atoms with Gasteiger partial charge in [-0.25, -0.2) is 0 Å². The predicted octanol–water partition coefficient (Wildman–Crippen LogP) is 3.14. The highest BCUT2D eigenvalue weighted by Crippen LogP contribution is 2.39. The molecule has 2 N–H and O–H groups in total. The van der Waals surface area contributed by atoms with Crippen LogP contribution in [0, 0.1) is 0 Å². The van der Waals surface area contributed by atoms with Crippen molar-refractivity contribution in [3.8, 4) is 11.5 Å². The first-order valence-corrected chi connectivity index (χ1v) is 5.25. The van der Waals surface area contributed by atoms with Gasteiger partial charge in [-0.2, -0.15) is 0 Å². The minimum atomic E-state index is -0.480. The molecule has 0 aromatic heterocycles. The summed E-state index contributed by atoms with van der Waals surface area (Å²) in [5.41, 5.74) is 6.46. The zero-order valence-electron chi connectivity index (χ0n) is 9.70. The van der Waals surface area contributed by atoms with Gasteiger partial charge < -0.3 is 15.2 Å². The van der Waals surface area contributed by atoms with Crippen LogP contribution in [0.2, 0.25) is 5.02 Å². The van der Waals surface area contributed by atoms with Crippen LogP contribution >= 0.6 is 24.0 Å². The monoisotopic (exact) mass is 283 g/mol. The Bertz CT molecular complexity index is 364. The normalized spacial score (nSPS) is 11.6. The van der Waals surface area contributed by atoms with Gasteiger partial charge in [0.15, 0.2) is 11.5 Å². The molecule has 0 aliphatic rings. The summed E-state index contributed by atoms with van der Waals surface area (Å²) < 4.78 is 22.4. The smallest absolute Gasteiger partial charge is 0.179 e. The third-order valence-corrected chi connectivity index (χ3v) is 2.72. The van der Waals surface area contributed by atoms with Gasteiger partial charge in [-0.1, -0.05) is 17.7 Å². The number of alkyl halides is 1. The third-order valence-electron chi connectivity index (χ3n) is 2.33. The summed E-state index contributed by atoms with van der Waals surface area (Å²) in [7, 11) is 3.02. The van der Waals surface area contributed by atoms with Gasteiger partial charge in [0.1, 0.15) is 0 Å². The fraction of sp³-hybridized carbons (Fsp3) is 0.455. The molecule has 0 aliphatic heterocycles. The molecule has 0 heterocycles. The molecule has 0 saturated carbocycles. The van der Waals surface area contributed by atoms with Crippen molar-refractivity contribution in [2.24, 2.45) is 5.73 Å². The van der Waals surface area contributed by atoms with Crippen LogP contribution in [0.1, 0.15) is 18.0 Å². The van der Waals surface area contributed by atoms with Crippen LogP contribution < -0.4 is 15.2 Å². The van der Waals surface area contributed by atoms with E-state index in [1.165, 1.54) is 14.2 Å². The summed E-state index contributed by atoms with van der Waals surface area (Å²) in [6.07, 6.45) is 0.231. The first-order valence-electron chi connectivity index (χ1n) is 4.87. The lowest BCUT2D eigenvalue weighted by Crippen LogP contribution is -2.12. The molecule has 0 saturated heterocycles. The van der Waals surface area contributed by atoms with Crippen LogP contribution in [-0.2, 0) is 0 Å². The summed E-state index contributed by atoms with van der Waals surface area (Å²) in [5.74, 6) is 0.958. The molecular formula is C11H16Cl2FNO2. The Hall–Kier alpha value is -0.710. The predicted molar refractivity (Wildman–Crippen MR) is 69.3 cm³/mol. The number of rotatable bonds is 5. The first-order chi connectivity index (χ1) is 7.65. The van der Waals surface area contributed by atoms with Crippen molar-refractivity contribution in [1.82, 2.24) is 0 Å². The minimum Gasteiger partial charge on any atom is -0.493 e. The highest BCUT2D eigenvalue weighted by Gasteiger charge is 2.17. The summed E-state index contributed by atoms with van der Waals surface area (Å²) in [5, 5.41) is 0.378. The number of hydrogen-bond donors (Lipinski definition) is 1. The highest BCUT2D eigenvalue weighted by atomic mass is 35.5. The van der Waals surface area contributed by atoms with Crippen molar-refractivity contribution in [2.45, 2.75) is 12.5 Å². The number of methoxy groups -OCH3 is 2. The Labute approximate surface area is 111 Å². The molecule has 0 bridgehead atoms. The Morgan fingerprint density at radius 2 is 2.00 bits per heavy atom. The number of halogens is 3. The van der Waals surface area contributed by atoms with Crippen molar-refractivity contribution in [1.29, 1.82) is 0 Å². The van der Waals surface area contributed by atoms with E-state index in [1.54, 1.807) is 12.1 Å². The second-order valence-corrected chi connectivity index (χ2v) is 3.67. The van der Waals surface area contributed by atoms with E-state index in [-0.39, 0.29) is 18.8 Å². The highest BCUT2D eigenvalue weighted by molar-refractivity contribution is 6.33. The molecular weight excluding hydrogens is 268 g/mol. The summed E-state index contributed by atoms with van der Waals surface area (Å²) >= 11 is 6.12. The maximum absolute atomic E-state index is 12.2. The minimum absolute atomic E-state index is 0. The lowest BCUT2D eigenvalue weighted by molar-refractivity contribution is 0.354. The van der Waals surface area contributed by atoms with Crippen molar-refractivity contribution in [3.63, 3.8) is 0 Å². The molecule has 3 nitrogen and oxygen atoms in total. The summed E-state index contributed by atoms with van der Waals surface area (Å²) in [6.45, 7) is -0.480. The van der Waals surface area contributed by atoms with E-state index in [0.29, 0.717) is 22.1 Å². The van der Waals surface area contributed by atoms with Crippen LogP contribution in [0.3, 0.4) is 0 Å². The Morgan fingerprint density at radius 3 is 2.47 bits per heavy atom. The third kappa shape index (κ3) is 3.63. The van der Waals surface area contributed by atoms with Gasteiger partial charge in [0.2, 0.25) is 0 Å². The van der Waals surface area contributed by atoms with Crippen LogP contribution in [0.4, 0.5) is 4.39 Å². The molecule has 17 heavy (non-hydrogen) atoms. The van der Waals surface area contributed by atoms with Crippen molar-refractivity contribution in [2.75, 3.05) is 20.9 Å². The summed E-state index contributed by atoms with van der Waals surface area (Å²) in [4.78, 5) is 0. The van der Waals surface area contributed by atoms with E-state index >= 15 is 0 Å². The molecule has 0 unspecified atom stereocenters. The Kier molecular flexibility index (Phi) is 7.27. The summed E-state index contributed by atoms with van der Waals surface area (Å²) in [6, 6.07) is 3.00. The van der Waals surface area contributed by atoms with Gasteiger partial charge in [-0.15, -0.1) is 12.4 Å². The molecule has 6 heteroatoms. The van der Waals surface area contributed by atoms with Crippen LogP contribution in [0.25, 0.3) is 0 Å². The topological polar surface area (TPSA) is 44.5 Å². The quantitative estimate of drug-likeness (QED) is 0.903. The maximum Gasteiger partial charge on any atom is 0.179 e. The van der Waals surface area contributed by atoms with Crippen LogP contribution in [0.15, 0.2) is 12.1 Å². The SMILES string of the molecule is COc1ccc([C@H](N)CCF)c(Cl)c1OC.Cl. The van der Waals surface area contributed by atoms with E-state index in [0.717, 1.165) is 0 Å². The molecule has 1 aromatic rings. The standard InChI is InChI=1S/C11H15ClFNO2.ClH/c1-15-9-4-3-7(8(14)5-6-13)10(12)11(9)16-2;/h3-4,8H,5-6,14H2,1-2H3;1H/t8-;/m1./s1. The van der Waals surface area contributed by atoms with Gasteiger partial charge >= 0.3 is 0 Å². The van der Waals surface area contributed by atoms with E-state index in [9.17, 15) is 4.39 Å². The molecule has 1 atom stereocenters. The Morgan fingerprint density at radius 1 is 1.35 bits per heavy atom. The van der Waals surface area contributed by atoms with Gasteiger partial charge in [0.25, 0.3) is 0 Å². The maximum atomic E-state index is 12.2. The van der Waals surface area contributed by atoms with E-state index in [1.807, 2.05) is 0 Å². The molecule has 0 radical (unpaired) electrons. The fourth-order valence-electron chi connectivity index (χ4n) is 1.46. The van der Waals surface area contributed by atoms with Gasteiger partial charge in [0, 0.05) is 6.04 Å². The fourth-order valence-corrected chi connectivity index (χ4v) is 1.84. The molecule has 0 aliphatic carbocycles. The number of benzene rings is 1. The zero-order valence-corrected chi connectivity index (χ0v) is 11.3. The second-order valence-electron chi connectivity index (χ2n) is 3.29. The van der Waals surface area contributed by atoms with Gasteiger partial charge in [0.05, 0.1) is 25.9 Å². The molecule has 1 rings (SSSR count). The van der Waals surface area contributed by atoms with E-state index in [4.69, 9.17) is 26.8 Å². The largest absolute Gasteiger partial charge is 0.493 e. The van der Waals surface area contributed by atoms with Crippen molar-refractivity contribution < 1.29 is 13.9 Å². The molecule has 98 valence electrons. The zero-order chi connectivity index (χ0) is 12.1. The second kappa shape index (κ2) is 7.58. The first kappa shape index (κ1) is 16.3.